The van der Waals surface area contributed by atoms with Gasteiger partial charge in [0, 0.05) is 25.9 Å². The highest BCUT2D eigenvalue weighted by atomic mass is 16.5. The zero-order valence-electron chi connectivity index (χ0n) is 19.4. The molecule has 1 saturated heterocycles. The van der Waals surface area contributed by atoms with Crippen LogP contribution in [0.5, 0.6) is 5.75 Å². The predicted molar refractivity (Wildman–Crippen MR) is 128 cm³/mol. The van der Waals surface area contributed by atoms with Gasteiger partial charge in [0.05, 0.1) is 31.1 Å². The van der Waals surface area contributed by atoms with Crippen LogP contribution in [0.25, 0.3) is 5.70 Å². The molecule has 9 heteroatoms. The SMILES string of the molecule is CCOc1ccccc1N1C(c2ccccc2)=CN2C1=NC1C2C(=O)N(CCOC)C(=O)N1C. The highest BCUT2D eigenvalue weighted by Gasteiger charge is 2.55. The van der Waals surface area contributed by atoms with E-state index in [9.17, 15) is 9.59 Å². The number of para-hydroxylation sites is 2. The van der Waals surface area contributed by atoms with Gasteiger partial charge in [-0.05, 0) is 19.1 Å². The fourth-order valence-electron chi connectivity index (χ4n) is 4.59. The van der Waals surface area contributed by atoms with Crippen LogP contribution in [0.15, 0.2) is 65.8 Å². The molecule has 1 fully saturated rings. The van der Waals surface area contributed by atoms with E-state index < -0.39 is 12.2 Å². The largest absolute Gasteiger partial charge is 0.492 e. The van der Waals surface area contributed by atoms with Crippen LogP contribution < -0.4 is 9.64 Å². The quantitative estimate of drug-likeness (QED) is 0.631. The third-order valence-electron chi connectivity index (χ3n) is 6.21. The fraction of sp³-hybridized carbons (Fsp3) is 0.320. The number of carbonyl (C=O) groups is 2. The second-order valence-corrected chi connectivity index (χ2v) is 8.19. The summed E-state index contributed by atoms with van der Waals surface area (Å²) >= 11 is 0. The Hall–Kier alpha value is -3.85. The first kappa shape index (κ1) is 22.0. The van der Waals surface area contributed by atoms with Gasteiger partial charge >= 0.3 is 6.03 Å². The topological polar surface area (TPSA) is 77.9 Å². The Kier molecular flexibility index (Phi) is 5.70. The summed E-state index contributed by atoms with van der Waals surface area (Å²) in [6.45, 7) is 2.92. The van der Waals surface area contributed by atoms with E-state index in [-0.39, 0.29) is 25.1 Å². The maximum atomic E-state index is 13.5. The van der Waals surface area contributed by atoms with Crippen molar-refractivity contribution in [3.63, 3.8) is 0 Å². The molecule has 9 nitrogen and oxygen atoms in total. The number of benzene rings is 2. The van der Waals surface area contributed by atoms with Crippen molar-refractivity contribution in [1.29, 1.82) is 0 Å². The molecule has 2 atom stereocenters. The van der Waals surface area contributed by atoms with Crippen LogP contribution in [-0.4, -0.2) is 78.7 Å². The Labute approximate surface area is 198 Å². The van der Waals surface area contributed by atoms with E-state index in [0.717, 1.165) is 16.9 Å². The van der Waals surface area contributed by atoms with Gasteiger partial charge in [0.25, 0.3) is 5.91 Å². The molecule has 5 rings (SSSR count). The molecule has 3 amide bonds. The Morgan fingerprint density at radius 3 is 2.50 bits per heavy atom. The highest BCUT2D eigenvalue weighted by Crippen LogP contribution is 2.42. The van der Waals surface area contributed by atoms with Crippen LogP contribution >= 0.6 is 0 Å². The van der Waals surface area contributed by atoms with Crippen molar-refractivity contribution < 1.29 is 19.1 Å². The number of carbonyl (C=O) groups excluding carboxylic acids is 2. The van der Waals surface area contributed by atoms with Crippen LogP contribution in [0.2, 0.25) is 0 Å². The van der Waals surface area contributed by atoms with Gasteiger partial charge in [-0.1, -0.05) is 42.5 Å². The number of hydrogen-bond acceptors (Lipinski definition) is 7. The second kappa shape index (κ2) is 8.83. The summed E-state index contributed by atoms with van der Waals surface area (Å²) in [6, 6.07) is 16.7. The van der Waals surface area contributed by atoms with Gasteiger partial charge in [0.2, 0.25) is 5.96 Å². The van der Waals surface area contributed by atoms with Crippen molar-refractivity contribution in [2.24, 2.45) is 4.99 Å². The number of amides is 3. The molecule has 2 unspecified atom stereocenters. The third kappa shape index (κ3) is 3.40. The van der Waals surface area contributed by atoms with E-state index in [1.807, 2.05) is 77.5 Å². The number of likely N-dealkylation sites (N-methyl/N-ethyl adjacent to an activating group) is 1. The average molecular weight is 462 g/mol. The lowest BCUT2D eigenvalue weighted by molar-refractivity contribution is -0.137. The summed E-state index contributed by atoms with van der Waals surface area (Å²) < 4.78 is 11.0. The summed E-state index contributed by atoms with van der Waals surface area (Å²) in [4.78, 5) is 38.0. The molecule has 0 spiro atoms. The predicted octanol–water partition coefficient (Wildman–Crippen LogP) is 2.81. The lowest BCUT2D eigenvalue weighted by atomic mass is 10.1. The van der Waals surface area contributed by atoms with Gasteiger partial charge < -0.3 is 14.4 Å². The molecule has 0 bridgehead atoms. The van der Waals surface area contributed by atoms with Crippen molar-refractivity contribution in [2.75, 3.05) is 38.8 Å². The first-order chi connectivity index (χ1) is 16.6. The number of rotatable bonds is 7. The van der Waals surface area contributed by atoms with Gasteiger partial charge in [-0.3, -0.25) is 19.5 Å². The molecule has 2 aromatic rings. The summed E-state index contributed by atoms with van der Waals surface area (Å²) in [5.41, 5.74) is 2.67. The lowest BCUT2D eigenvalue weighted by Crippen LogP contribution is -2.64. The zero-order chi connectivity index (χ0) is 23.8. The molecule has 3 aliphatic heterocycles. The van der Waals surface area contributed by atoms with E-state index >= 15 is 0 Å². The molecule has 34 heavy (non-hydrogen) atoms. The van der Waals surface area contributed by atoms with Crippen molar-refractivity contribution in [2.45, 2.75) is 19.1 Å². The van der Waals surface area contributed by atoms with E-state index in [4.69, 9.17) is 14.5 Å². The number of methoxy groups -OCH3 is 1. The molecular formula is C25H27N5O4. The summed E-state index contributed by atoms with van der Waals surface area (Å²) in [5, 5.41) is 0. The molecule has 0 saturated carbocycles. The first-order valence-corrected chi connectivity index (χ1v) is 11.3. The number of hydrogen-bond donors (Lipinski definition) is 0. The number of anilines is 1. The van der Waals surface area contributed by atoms with E-state index in [0.29, 0.717) is 18.3 Å². The third-order valence-corrected chi connectivity index (χ3v) is 6.21. The number of fused-ring (bicyclic) bond motifs is 3. The van der Waals surface area contributed by atoms with E-state index in [2.05, 4.69) is 0 Å². The number of imide groups is 1. The van der Waals surface area contributed by atoms with Gasteiger partial charge in [-0.2, -0.15) is 0 Å². The molecule has 2 aromatic carbocycles. The van der Waals surface area contributed by atoms with Crippen molar-refractivity contribution in [1.82, 2.24) is 14.7 Å². The molecule has 3 aliphatic rings. The van der Waals surface area contributed by atoms with E-state index in [1.165, 1.54) is 9.80 Å². The molecule has 3 heterocycles. The molecule has 0 N–H and O–H groups in total. The molecule has 0 aliphatic carbocycles. The molecule has 0 aromatic heterocycles. The maximum absolute atomic E-state index is 13.5. The Balaban J connectivity index is 1.61. The number of aliphatic imine (C=N–C) groups is 1. The van der Waals surface area contributed by atoms with Crippen LogP contribution in [0.1, 0.15) is 12.5 Å². The van der Waals surface area contributed by atoms with Crippen LogP contribution in [0.4, 0.5) is 10.5 Å². The molecule has 176 valence electrons. The van der Waals surface area contributed by atoms with Crippen molar-refractivity contribution in [3.05, 3.63) is 66.4 Å². The van der Waals surface area contributed by atoms with Gasteiger partial charge in [0.15, 0.2) is 12.2 Å². The normalized spacial score (nSPS) is 21.5. The van der Waals surface area contributed by atoms with Crippen molar-refractivity contribution in [3.8, 4) is 5.75 Å². The summed E-state index contributed by atoms with van der Waals surface area (Å²) in [7, 11) is 3.23. The minimum atomic E-state index is -0.655. The van der Waals surface area contributed by atoms with Gasteiger partial charge in [-0.25, -0.2) is 9.79 Å². The Morgan fingerprint density at radius 2 is 1.76 bits per heavy atom. The standard InChI is InChI=1S/C25H27N5O4/c1-4-34-20-13-9-8-12-18(20)30-19(17-10-6-5-7-11-17)16-29-21-22(26-24(29)30)27(2)25(32)28(23(21)31)14-15-33-3/h5-13,16,21-22H,4,14-15H2,1-3H3. The molecule has 0 radical (unpaired) electrons. The maximum Gasteiger partial charge on any atom is 0.328 e. The minimum Gasteiger partial charge on any atom is -0.492 e. The minimum absolute atomic E-state index is 0.192. The van der Waals surface area contributed by atoms with E-state index in [1.54, 1.807) is 14.2 Å². The monoisotopic (exact) mass is 461 g/mol. The zero-order valence-corrected chi connectivity index (χ0v) is 19.4. The number of guanidine groups is 1. The number of urea groups is 1. The number of ether oxygens (including phenoxy) is 2. The molecular weight excluding hydrogens is 434 g/mol. The smallest absolute Gasteiger partial charge is 0.328 e. The van der Waals surface area contributed by atoms with Gasteiger partial charge in [0.1, 0.15) is 5.75 Å². The lowest BCUT2D eigenvalue weighted by Gasteiger charge is -2.40. The average Bonchev–Trinajstić information content (AvgIpc) is 3.40. The Morgan fingerprint density at radius 1 is 1.03 bits per heavy atom. The summed E-state index contributed by atoms with van der Waals surface area (Å²) in [6.07, 6.45) is 1.32. The second-order valence-electron chi connectivity index (χ2n) is 8.19. The first-order valence-electron chi connectivity index (χ1n) is 11.3. The van der Waals surface area contributed by atoms with Crippen LogP contribution in [0, 0.1) is 0 Å². The highest BCUT2D eigenvalue weighted by molar-refractivity contribution is 6.16. The van der Waals surface area contributed by atoms with Crippen LogP contribution in [0.3, 0.4) is 0 Å². The summed E-state index contributed by atoms with van der Waals surface area (Å²) in [5.74, 6) is 1.01. The van der Waals surface area contributed by atoms with Gasteiger partial charge in [-0.15, -0.1) is 0 Å². The van der Waals surface area contributed by atoms with Crippen LogP contribution in [-0.2, 0) is 9.53 Å². The fourth-order valence-corrected chi connectivity index (χ4v) is 4.59. The Bertz CT molecular complexity index is 1160. The van der Waals surface area contributed by atoms with Crippen molar-refractivity contribution >= 4 is 29.3 Å². The number of nitrogens with zero attached hydrogens (tertiary/aromatic N) is 5.